The number of methoxy groups -OCH3 is 1. The molecule has 0 saturated carbocycles. The lowest BCUT2D eigenvalue weighted by atomic mass is 10.0. The summed E-state index contributed by atoms with van der Waals surface area (Å²) in [6, 6.07) is 8.41. The van der Waals surface area contributed by atoms with Crippen molar-refractivity contribution in [1.29, 1.82) is 0 Å². The molecule has 0 N–H and O–H groups in total. The Bertz CT molecular complexity index is 823. The first-order valence-corrected chi connectivity index (χ1v) is 11.6. The number of thiazole rings is 1. The number of amides is 1. The van der Waals surface area contributed by atoms with Crippen LogP contribution in [0.25, 0.3) is 10.2 Å². The van der Waals surface area contributed by atoms with Crippen molar-refractivity contribution in [3.63, 3.8) is 0 Å². The molecule has 1 aromatic heterocycles. The summed E-state index contributed by atoms with van der Waals surface area (Å²) in [5.41, 5.74) is 1.04. The predicted molar refractivity (Wildman–Crippen MR) is 113 cm³/mol. The molecular weight excluding hydrogens is 394 g/mol. The highest BCUT2D eigenvalue weighted by molar-refractivity contribution is 8.00. The Hall–Kier alpha value is -1.64. The minimum absolute atomic E-state index is 0.0993. The number of carbonyl (C=O) groups excluding carboxylic acids is 2. The lowest BCUT2D eigenvalue weighted by Gasteiger charge is -2.37. The second kappa shape index (κ2) is 8.80. The third kappa shape index (κ3) is 4.18. The van der Waals surface area contributed by atoms with Gasteiger partial charge in [0.25, 0.3) is 0 Å². The number of hydrogen-bond donors (Lipinski definition) is 0. The van der Waals surface area contributed by atoms with Crippen molar-refractivity contribution in [2.75, 3.05) is 39.0 Å². The van der Waals surface area contributed by atoms with Crippen LogP contribution in [-0.2, 0) is 14.3 Å². The maximum atomic E-state index is 13.0. The van der Waals surface area contributed by atoms with E-state index in [1.807, 2.05) is 23.1 Å². The van der Waals surface area contributed by atoms with Gasteiger partial charge < -0.3 is 9.64 Å². The fourth-order valence-electron chi connectivity index (χ4n) is 3.92. The van der Waals surface area contributed by atoms with Gasteiger partial charge in [0, 0.05) is 18.8 Å². The number of aromatic nitrogens is 1. The number of esters is 1. The summed E-state index contributed by atoms with van der Waals surface area (Å²) in [6.07, 6.45) is 3.30. The largest absolute Gasteiger partial charge is 0.468 e. The lowest BCUT2D eigenvalue weighted by molar-refractivity contribution is -0.141. The van der Waals surface area contributed by atoms with E-state index in [9.17, 15) is 9.59 Å². The molecule has 1 aromatic carbocycles. The van der Waals surface area contributed by atoms with Gasteiger partial charge >= 0.3 is 5.97 Å². The summed E-state index contributed by atoms with van der Waals surface area (Å²) in [5.74, 6) is 0.627. The number of thioether (sulfide) groups is 1. The van der Waals surface area contributed by atoms with Gasteiger partial charge in [-0.05, 0) is 31.5 Å². The van der Waals surface area contributed by atoms with Crippen LogP contribution in [0.1, 0.15) is 30.3 Å². The van der Waals surface area contributed by atoms with Crippen molar-refractivity contribution in [3.8, 4) is 0 Å². The molecule has 8 heteroatoms. The molecule has 0 spiro atoms. The average molecular weight is 420 g/mol. The number of carbonyl (C=O) groups is 2. The van der Waals surface area contributed by atoms with Crippen molar-refractivity contribution < 1.29 is 14.3 Å². The number of nitrogens with zero attached hydrogens (tertiary/aromatic N) is 3. The highest BCUT2D eigenvalue weighted by Gasteiger charge is 2.33. The van der Waals surface area contributed by atoms with Crippen LogP contribution >= 0.6 is 23.1 Å². The third-order valence-corrected chi connectivity index (χ3v) is 7.73. The Morgan fingerprint density at radius 2 is 2.11 bits per heavy atom. The SMILES string of the molecule is COC(=O)[C@@H]1CN(C(=O)CN2CCCC[C@@H]2c2nc3ccccc3s2)CCS1. The van der Waals surface area contributed by atoms with Crippen molar-refractivity contribution in [3.05, 3.63) is 29.3 Å². The summed E-state index contributed by atoms with van der Waals surface area (Å²) < 4.78 is 6.05. The smallest absolute Gasteiger partial charge is 0.320 e. The first kappa shape index (κ1) is 19.7. The van der Waals surface area contributed by atoms with Gasteiger partial charge in [-0.15, -0.1) is 23.1 Å². The van der Waals surface area contributed by atoms with E-state index < -0.39 is 0 Å². The Morgan fingerprint density at radius 1 is 1.25 bits per heavy atom. The highest BCUT2D eigenvalue weighted by atomic mass is 32.2. The number of ether oxygens (including phenoxy) is 1. The summed E-state index contributed by atoms with van der Waals surface area (Å²) in [5, 5.41) is 0.833. The van der Waals surface area contributed by atoms with Crippen molar-refractivity contribution in [2.24, 2.45) is 0 Å². The van der Waals surface area contributed by atoms with E-state index in [4.69, 9.17) is 9.72 Å². The normalized spacial score (nSPS) is 23.7. The van der Waals surface area contributed by atoms with Crippen LogP contribution in [0, 0.1) is 0 Å². The quantitative estimate of drug-likeness (QED) is 0.710. The van der Waals surface area contributed by atoms with Crippen LogP contribution in [0.4, 0.5) is 0 Å². The summed E-state index contributed by atoms with van der Waals surface area (Å²) in [6.45, 7) is 2.43. The van der Waals surface area contributed by atoms with E-state index in [1.54, 1.807) is 23.1 Å². The topological polar surface area (TPSA) is 62.7 Å². The molecule has 2 atom stereocenters. The molecule has 0 radical (unpaired) electrons. The molecule has 0 unspecified atom stereocenters. The Balaban J connectivity index is 1.46. The van der Waals surface area contributed by atoms with Crippen LogP contribution in [-0.4, -0.2) is 71.0 Å². The second-order valence-corrected chi connectivity index (χ2v) is 9.60. The van der Waals surface area contributed by atoms with Crippen molar-refractivity contribution in [2.45, 2.75) is 30.6 Å². The molecule has 0 aliphatic carbocycles. The van der Waals surface area contributed by atoms with Crippen LogP contribution in [0.2, 0.25) is 0 Å². The number of piperidine rings is 1. The maximum absolute atomic E-state index is 13.0. The van der Waals surface area contributed by atoms with E-state index in [-0.39, 0.29) is 23.2 Å². The second-order valence-electron chi connectivity index (χ2n) is 7.22. The first-order chi connectivity index (χ1) is 13.7. The zero-order chi connectivity index (χ0) is 19.5. The van der Waals surface area contributed by atoms with Crippen molar-refractivity contribution >= 4 is 45.2 Å². The van der Waals surface area contributed by atoms with E-state index in [0.29, 0.717) is 19.6 Å². The molecule has 2 aromatic rings. The van der Waals surface area contributed by atoms with Crippen LogP contribution in [0.3, 0.4) is 0 Å². The number of fused-ring (bicyclic) bond motifs is 1. The molecule has 2 fully saturated rings. The highest BCUT2D eigenvalue weighted by Crippen LogP contribution is 2.35. The molecule has 2 saturated heterocycles. The average Bonchev–Trinajstić information content (AvgIpc) is 3.17. The number of hydrogen-bond acceptors (Lipinski definition) is 7. The van der Waals surface area contributed by atoms with Gasteiger partial charge in [-0.3, -0.25) is 14.5 Å². The molecule has 2 aliphatic heterocycles. The predicted octanol–water partition coefficient (Wildman–Crippen LogP) is 2.94. The maximum Gasteiger partial charge on any atom is 0.320 e. The molecular formula is C20H25N3O3S2. The molecule has 28 heavy (non-hydrogen) atoms. The Morgan fingerprint density at radius 3 is 2.93 bits per heavy atom. The van der Waals surface area contributed by atoms with Gasteiger partial charge in [-0.25, -0.2) is 4.98 Å². The summed E-state index contributed by atoms with van der Waals surface area (Å²) >= 11 is 3.31. The minimum atomic E-state index is -0.274. The summed E-state index contributed by atoms with van der Waals surface area (Å²) in [4.78, 5) is 33.8. The van der Waals surface area contributed by atoms with E-state index in [0.717, 1.165) is 42.1 Å². The molecule has 4 rings (SSSR count). The first-order valence-electron chi connectivity index (χ1n) is 9.72. The number of benzene rings is 1. The molecule has 2 aliphatic rings. The van der Waals surface area contributed by atoms with Crippen molar-refractivity contribution in [1.82, 2.24) is 14.8 Å². The number of rotatable bonds is 4. The number of likely N-dealkylation sites (tertiary alicyclic amines) is 1. The van der Waals surface area contributed by atoms with E-state index in [1.165, 1.54) is 11.8 Å². The standard InChI is InChI=1S/C20H25N3O3S2/c1-26-20(25)17-12-23(10-11-27-17)18(24)13-22-9-5-4-7-15(22)19-21-14-6-2-3-8-16(14)28-19/h2-3,6,8,15,17H,4-5,7,9-13H2,1H3/t15-,17+/m1/s1. The van der Waals surface area contributed by atoms with Gasteiger partial charge in [-0.1, -0.05) is 18.6 Å². The van der Waals surface area contributed by atoms with Gasteiger partial charge in [0.1, 0.15) is 10.3 Å². The lowest BCUT2D eigenvalue weighted by Crippen LogP contribution is -2.49. The minimum Gasteiger partial charge on any atom is -0.468 e. The Labute approximate surface area is 173 Å². The van der Waals surface area contributed by atoms with Gasteiger partial charge in [0.15, 0.2) is 0 Å². The third-order valence-electron chi connectivity index (χ3n) is 5.43. The molecule has 6 nitrogen and oxygen atoms in total. The molecule has 3 heterocycles. The molecule has 1 amide bonds. The van der Waals surface area contributed by atoms with Crippen LogP contribution in [0.5, 0.6) is 0 Å². The fraction of sp³-hybridized carbons (Fsp3) is 0.550. The van der Waals surface area contributed by atoms with E-state index in [2.05, 4.69) is 11.0 Å². The van der Waals surface area contributed by atoms with Gasteiger partial charge in [0.2, 0.25) is 5.91 Å². The zero-order valence-corrected chi connectivity index (χ0v) is 17.6. The summed E-state index contributed by atoms with van der Waals surface area (Å²) in [7, 11) is 1.40. The van der Waals surface area contributed by atoms with Crippen LogP contribution < -0.4 is 0 Å². The fourth-order valence-corrected chi connectivity index (χ4v) is 6.18. The van der Waals surface area contributed by atoms with Gasteiger partial charge in [-0.2, -0.15) is 0 Å². The van der Waals surface area contributed by atoms with Crippen LogP contribution in [0.15, 0.2) is 24.3 Å². The molecule has 0 bridgehead atoms. The zero-order valence-electron chi connectivity index (χ0n) is 16.0. The monoisotopic (exact) mass is 419 g/mol. The Kier molecular flexibility index (Phi) is 6.18. The number of para-hydroxylation sites is 1. The molecule has 150 valence electrons. The van der Waals surface area contributed by atoms with E-state index >= 15 is 0 Å². The van der Waals surface area contributed by atoms with Gasteiger partial charge in [0.05, 0.1) is 29.9 Å².